The SMILES string of the molecule is CC1(C)CCCCC1C(Br)c1csc2c(Br)cccc12. The number of hydrogen-bond acceptors (Lipinski definition) is 1. The minimum absolute atomic E-state index is 0.437. The van der Waals surface area contributed by atoms with E-state index in [1.165, 1.54) is 45.8 Å². The summed E-state index contributed by atoms with van der Waals surface area (Å²) in [6.07, 6.45) is 5.46. The molecule has 108 valence electrons. The van der Waals surface area contributed by atoms with E-state index in [-0.39, 0.29) is 0 Å². The minimum Gasteiger partial charge on any atom is -0.142 e. The van der Waals surface area contributed by atoms with Gasteiger partial charge in [0.05, 0.1) is 0 Å². The van der Waals surface area contributed by atoms with Crippen LogP contribution in [0.1, 0.15) is 49.9 Å². The first-order valence-electron chi connectivity index (χ1n) is 7.30. The highest BCUT2D eigenvalue weighted by Gasteiger charge is 2.37. The van der Waals surface area contributed by atoms with Crippen LogP contribution in [0.3, 0.4) is 0 Å². The summed E-state index contributed by atoms with van der Waals surface area (Å²) >= 11 is 9.57. The molecule has 0 bridgehead atoms. The summed E-state index contributed by atoms with van der Waals surface area (Å²) in [5, 5.41) is 3.76. The van der Waals surface area contributed by atoms with Crippen LogP contribution in [0.5, 0.6) is 0 Å². The van der Waals surface area contributed by atoms with Crippen molar-refractivity contribution in [2.24, 2.45) is 11.3 Å². The lowest BCUT2D eigenvalue weighted by molar-refractivity contribution is 0.137. The molecule has 1 aliphatic rings. The average Bonchev–Trinajstić information content (AvgIpc) is 2.83. The number of hydrogen-bond donors (Lipinski definition) is 0. The van der Waals surface area contributed by atoms with Crippen molar-refractivity contribution in [3.05, 3.63) is 33.6 Å². The van der Waals surface area contributed by atoms with Crippen LogP contribution in [0.2, 0.25) is 0 Å². The van der Waals surface area contributed by atoms with Crippen LogP contribution in [-0.2, 0) is 0 Å². The maximum Gasteiger partial charge on any atom is 0.0488 e. The van der Waals surface area contributed by atoms with E-state index in [1.54, 1.807) is 0 Å². The molecule has 3 rings (SSSR count). The lowest BCUT2D eigenvalue weighted by Gasteiger charge is -2.41. The summed E-state index contributed by atoms with van der Waals surface area (Å²) in [4.78, 5) is 0.473. The Morgan fingerprint density at radius 2 is 2.10 bits per heavy atom. The fourth-order valence-electron chi connectivity index (χ4n) is 3.54. The maximum atomic E-state index is 4.04. The minimum atomic E-state index is 0.437. The van der Waals surface area contributed by atoms with Gasteiger partial charge in [0.2, 0.25) is 0 Å². The molecule has 1 aliphatic carbocycles. The Morgan fingerprint density at radius 1 is 1.30 bits per heavy atom. The number of thiophene rings is 1. The fourth-order valence-corrected chi connectivity index (χ4v) is 6.73. The van der Waals surface area contributed by atoms with E-state index in [9.17, 15) is 0 Å². The van der Waals surface area contributed by atoms with Crippen molar-refractivity contribution in [2.75, 3.05) is 0 Å². The molecule has 1 fully saturated rings. The van der Waals surface area contributed by atoms with Gasteiger partial charge < -0.3 is 0 Å². The van der Waals surface area contributed by atoms with Gasteiger partial charge in [-0.2, -0.15) is 0 Å². The van der Waals surface area contributed by atoms with Gasteiger partial charge in [0.1, 0.15) is 0 Å². The molecule has 3 heteroatoms. The second-order valence-electron chi connectivity index (χ2n) is 6.55. The number of halogens is 2. The van der Waals surface area contributed by atoms with E-state index in [0.717, 1.165) is 5.92 Å². The van der Waals surface area contributed by atoms with E-state index < -0.39 is 0 Å². The lowest BCUT2D eigenvalue weighted by atomic mass is 9.67. The molecule has 1 aromatic carbocycles. The Kier molecular flexibility index (Phi) is 4.32. The molecule has 0 radical (unpaired) electrons. The third kappa shape index (κ3) is 2.62. The molecule has 1 heterocycles. The normalized spacial score (nSPS) is 23.9. The van der Waals surface area contributed by atoms with Crippen LogP contribution in [0.4, 0.5) is 0 Å². The van der Waals surface area contributed by atoms with Crippen molar-refractivity contribution in [1.82, 2.24) is 0 Å². The van der Waals surface area contributed by atoms with E-state index in [1.807, 2.05) is 11.3 Å². The van der Waals surface area contributed by atoms with Crippen molar-refractivity contribution in [3.8, 4) is 0 Å². The predicted molar refractivity (Wildman–Crippen MR) is 96.9 cm³/mol. The summed E-state index contributed by atoms with van der Waals surface area (Å²) in [5.41, 5.74) is 1.92. The van der Waals surface area contributed by atoms with Crippen molar-refractivity contribution < 1.29 is 0 Å². The van der Waals surface area contributed by atoms with Gasteiger partial charge in [0.15, 0.2) is 0 Å². The molecule has 2 unspecified atom stereocenters. The van der Waals surface area contributed by atoms with Gasteiger partial charge in [-0.15, -0.1) is 11.3 Å². The second kappa shape index (κ2) is 5.73. The molecule has 0 amide bonds. The molecule has 0 aliphatic heterocycles. The van der Waals surface area contributed by atoms with Crippen LogP contribution >= 0.6 is 43.2 Å². The summed E-state index contributed by atoms with van der Waals surface area (Å²) in [5.74, 6) is 0.730. The zero-order valence-corrected chi connectivity index (χ0v) is 15.9. The summed E-state index contributed by atoms with van der Waals surface area (Å²) in [6, 6.07) is 6.54. The molecule has 20 heavy (non-hydrogen) atoms. The van der Waals surface area contributed by atoms with E-state index in [4.69, 9.17) is 0 Å². The monoisotopic (exact) mass is 414 g/mol. The average molecular weight is 416 g/mol. The van der Waals surface area contributed by atoms with Gasteiger partial charge in [-0.05, 0) is 62.5 Å². The highest BCUT2D eigenvalue weighted by Crippen LogP contribution is 2.52. The first-order chi connectivity index (χ1) is 9.50. The summed E-state index contributed by atoms with van der Waals surface area (Å²) < 4.78 is 2.59. The molecule has 2 atom stereocenters. The summed E-state index contributed by atoms with van der Waals surface area (Å²) in [6.45, 7) is 4.88. The van der Waals surface area contributed by atoms with Crippen LogP contribution in [0.15, 0.2) is 28.1 Å². The van der Waals surface area contributed by atoms with Gasteiger partial charge in [-0.3, -0.25) is 0 Å². The van der Waals surface area contributed by atoms with Crippen LogP contribution < -0.4 is 0 Å². The molecule has 0 saturated heterocycles. The second-order valence-corrected chi connectivity index (χ2v) is 9.27. The van der Waals surface area contributed by atoms with Gasteiger partial charge in [0, 0.05) is 14.0 Å². The number of alkyl halides is 1. The molecule has 0 nitrogen and oxygen atoms in total. The van der Waals surface area contributed by atoms with E-state index in [0.29, 0.717) is 10.2 Å². The maximum absolute atomic E-state index is 4.04. The topological polar surface area (TPSA) is 0 Å². The van der Waals surface area contributed by atoms with Crippen LogP contribution in [0, 0.1) is 11.3 Å². The number of fused-ring (bicyclic) bond motifs is 1. The first kappa shape index (κ1) is 15.1. The lowest BCUT2D eigenvalue weighted by Crippen LogP contribution is -2.30. The zero-order valence-electron chi connectivity index (χ0n) is 12.0. The quantitative estimate of drug-likeness (QED) is 0.450. The number of rotatable bonds is 2. The molecule has 2 aromatic rings. The van der Waals surface area contributed by atoms with Crippen LogP contribution in [-0.4, -0.2) is 0 Å². The first-order valence-corrected chi connectivity index (χ1v) is 9.89. The van der Waals surface area contributed by atoms with Gasteiger partial charge in [-0.25, -0.2) is 0 Å². The largest absolute Gasteiger partial charge is 0.142 e. The Balaban J connectivity index is 2.00. The van der Waals surface area contributed by atoms with E-state index >= 15 is 0 Å². The Hall–Kier alpha value is 0.140. The van der Waals surface area contributed by atoms with E-state index in [2.05, 4.69) is 69.3 Å². The Bertz CT molecular complexity index is 614. The Morgan fingerprint density at radius 3 is 2.85 bits per heavy atom. The fraction of sp³-hybridized carbons (Fsp3) is 0.529. The number of benzene rings is 1. The van der Waals surface area contributed by atoms with Crippen molar-refractivity contribution >= 4 is 53.3 Å². The Labute approximate surface area is 142 Å². The highest BCUT2D eigenvalue weighted by atomic mass is 79.9. The highest BCUT2D eigenvalue weighted by molar-refractivity contribution is 9.10. The molecule has 1 aromatic heterocycles. The van der Waals surface area contributed by atoms with Crippen molar-refractivity contribution in [2.45, 2.75) is 44.4 Å². The summed E-state index contributed by atoms with van der Waals surface area (Å²) in [7, 11) is 0. The zero-order chi connectivity index (χ0) is 14.3. The van der Waals surface area contributed by atoms with Gasteiger partial charge >= 0.3 is 0 Å². The third-order valence-corrected chi connectivity index (χ3v) is 7.92. The third-order valence-electron chi connectivity index (χ3n) is 4.82. The molecule has 0 N–H and O–H groups in total. The van der Waals surface area contributed by atoms with Crippen LogP contribution in [0.25, 0.3) is 10.1 Å². The van der Waals surface area contributed by atoms with Crippen molar-refractivity contribution in [3.63, 3.8) is 0 Å². The van der Waals surface area contributed by atoms with Gasteiger partial charge in [-0.1, -0.05) is 54.8 Å². The molecule has 1 saturated carbocycles. The standard InChI is InChI=1S/C17H20Br2S/c1-17(2)9-4-3-7-13(17)15(19)12-10-20-16-11(12)6-5-8-14(16)18/h5-6,8,10,13,15H,3-4,7,9H2,1-2H3. The van der Waals surface area contributed by atoms with Crippen molar-refractivity contribution in [1.29, 1.82) is 0 Å². The molecule has 0 spiro atoms. The molecular weight excluding hydrogens is 396 g/mol. The predicted octanol–water partition coefficient (Wildman–Crippen LogP) is 7.32. The smallest absolute Gasteiger partial charge is 0.0488 e. The molecular formula is C17H20Br2S. The van der Waals surface area contributed by atoms with Gasteiger partial charge in [0.25, 0.3) is 0 Å².